The van der Waals surface area contributed by atoms with Crippen molar-refractivity contribution in [2.24, 2.45) is 11.8 Å². The monoisotopic (exact) mass is 489 g/mol. The largest absolute Gasteiger partial charge is 0.370 e. The van der Waals surface area contributed by atoms with Crippen LogP contribution in [0.4, 0.5) is 11.4 Å². The Morgan fingerprint density at radius 1 is 0.939 bits per heavy atom. The maximum Gasteiger partial charge on any atom is 0.255 e. The first-order valence-corrected chi connectivity index (χ1v) is 13.5. The van der Waals surface area contributed by atoms with E-state index in [1.165, 1.54) is 6.07 Å². The molecule has 1 amide bonds. The van der Waals surface area contributed by atoms with Gasteiger partial charge in [-0.1, -0.05) is 37.6 Å². The number of carbonyl (C=O) groups is 1. The molecule has 2 aliphatic heterocycles. The number of hydrogen-bond donors (Lipinski definition) is 1. The summed E-state index contributed by atoms with van der Waals surface area (Å²) in [6, 6.07) is 12.0. The van der Waals surface area contributed by atoms with Gasteiger partial charge in [0, 0.05) is 31.7 Å². The Labute approximate surface area is 202 Å². The van der Waals surface area contributed by atoms with E-state index in [1.54, 1.807) is 40.7 Å². The highest BCUT2D eigenvalue weighted by molar-refractivity contribution is 7.89. The molecule has 2 aliphatic rings. The highest BCUT2D eigenvalue weighted by atomic mass is 35.5. The lowest BCUT2D eigenvalue weighted by Gasteiger charge is -2.35. The number of nitrogens with zero attached hydrogens (tertiary/aromatic N) is 2. The van der Waals surface area contributed by atoms with Crippen LogP contribution < -0.4 is 10.2 Å². The van der Waals surface area contributed by atoms with Gasteiger partial charge < -0.3 is 10.2 Å². The van der Waals surface area contributed by atoms with Crippen LogP contribution in [0.15, 0.2) is 47.4 Å². The molecule has 0 spiro atoms. The number of anilines is 2. The maximum atomic E-state index is 13.8. The molecule has 0 unspecified atom stereocenters. The van der Waals surface area contributed by atoms with Crippen LogP contribution in [0.2, 0.25) is 5.02 Å². The summed E-state index contributed by atoms with van der Waals surface area (Å²) in [6.45, 7) is 7.03. The molecule has 2 fully saturated rings. The first-order chi connectivity index (χ1) is 15.8. The number of hydrogen-bond acceptors (Lipinski definition) is 4. The molecule has 0 aromatic heterocycles. The van der Waals surface area contributed by atoms with Gasteiger partial charge >= 0.3 is 0 Å². The van der Waals surface area contributed by atoms with E-state index >= 15 is 0 Å². The van der Waals surface area contributed by atoms with Gasteiger partial charge in [0.1, 0.15) is 4.90 Å². The molecular weight excluding hydrogens is 458 g/mol. The molecule has 0 aliphatic carbocycles. The van der Waals surface area contributed by atoms with Gasteiger partial charge in [-0.05, 0) is 67.9 Å². The lowest BCUT2D eigenvalue weighted by atomic mass is 9.98. The molecule has 0 radical (unpaired) electrons. The number of benzene rings is 2. The minimum atomic E-state index is -3.73. The van der Waals surface area contributed by atoms with Gasteiger partial charge in [-0.15, -0.1) is 0 Å². The third-order valence-corrected chi connectivity index (χ3v) is 9.09. The lowest BCUT2D eigenvalue weighted by molar-refractivity contribution is 0.102. The van der Waals surface area contributed by atoms with Crippen molar-refractivity contribution in [1.82, 2.24) is 4.31 Å². The Kier molecular flexibility index (Phi) is 7.31. The van der Waals surface area contributed by atoms with Crippen molar-refractivity contribution >= 4 is 38.9 Å². The van der Waals surface area contributed by atoms with E-state index in [2.05, 4.69) is 24.1 Å². The number of carbonyl (C=O) groups excluding carboxylic acids is 1. The molecule has 2 aromatic carbocycles. The molecule has 6 nitrogen and oxygen atoms in total. The molecule has 2 aromatic rings. The van der Waals surface area contributed by atoms with Gasteiger partial charge in [0.2, 0.25) is 10.0 Å². The van der Waals surface area contributed by atoms with E-state index in [-0.39, 0.29) is 10.8 Å². The minimum Gasteiger partial charge on any atom is -0.370 e. The first kappa shape index (κ1) is 24.0. The predicted octanol–water partition coefficient (Wildman–Crippen LogP) is 5.25. The fourth-order valence-corrected chi connectivity index (χ4v) is 6.38. The van der Waals surface area contributed by atoms with E-state index < -0.39 is 10.0 Å². The highest BCUT2D eigenvalue weighted by Gasteiger charge is 2.32. The van der Waals surface area contributed by atoms with Crippen molar-refractivity contribution in [2.75, 3.05) is 36.4 Å². The maximum absolute atomic E-state index is 13.8. The average Bonchev–Trinajstić information content (AvgIpc) is 2.81. The second-order valence-electron chi connectivity index (χ2n) is 9.37. The third-order valence-electron chi connectivity index (χ3n) is 6.83. The van der Waals surface area contributed by atoms with Gasteiger partial charge in [-0.25, -0.2) is 8.42 Å². The Morgan fingerprint density at radius 3 is 2.18 bits per heavy atom. The number of para-hydroxylation sites is 1. The van der Waals surface area contributed by atoms with E-state index in [0.717, 1.165) is 38.8 Å². The van der Waals surface area contributed by atoms with Gasteiger partial charge in [0.15, 0.2) is 0 Å². The van der Waals surface area contributed by atoms with Crippen molar-refractivity contribution < 1.29 is 13.2 Å². The number of rotatable bonds is 5. The molecule has 2 saturated heterocycles. The van der Waals surface area contributed by atoms with Gasteiger partial charge in [0.25, 0.3) is 5.91 Å². The molecular formula is C25H32ClN3O3S. The Balaban J connectivity index is 1.69. The minimum absolute atomic E-state index is 0.221. The normalized spacial score (nSPS) is 18.9. The topological polar surface area (TPSA) is 69.7 Å². The van der Waals surface area contributed by atoms with Crippen LogP contribution in [0.25, 0.3) is 0 Å². The highest BCUT2D eigenvalue weighted by Crippen LogP contribution is 2.34. The zero-order chi connectivity index (χ0) is 23.6. The average molecular weight is 490 g/mol. The Hall–Kier alpha value is -2.09. The van der Waals surface area contributed by atoms with Crippen LogP contribution in [-0.2, 0) is 10.0 Å². The van der Waals surface area contributed by atoms with Crippen LogP contribution in [0.1, 0.15) is 49.9 Å². The first-order valence-electron chi connectivity index (χ1n) is 11.7. The van der Waals surface area contributed by atoms with Gasteiger partial charge in [-0.2, -0.15) is 4.31 Å². The smallest absolute Gasteiger partial charge is 0.255 e. The molecule has 2 heterocycles. The second kappa shape index (κ2) is 10.0. The SMILES string of the molecule is CC1CCN(c2ccc(C(=O)Nc3ccccc3Cl)cc2S(=O)(=O)N2CCC(C)CC2)CC1. The third kappa shape index (κ3) is 5.36. The van der Waals surface area contributed by atoms with Gasteiger partial charge in [-0.3, -0.25) is 4.79 Å². The fourth-order valence-electron chi connectivity index (χ4n) is 4.49. The van der Waals surface area contributed by atoms with Gasteiger partial charge in [0.05, 0.1) is 16.4 Å². The molecule has 8 heteroatoms. The quantitative estimate of drug-likeness (QED) is 0.622. The summed E-state index contributed by atoms with van der Waals surface area (Å²) in [4.78, 5) is 15.4. The zero-order valence-electron chi connectivity index (χ0n) is 19.3. The summed E-state index contributed by atoms with van der Waals surface area (Å²) in [5.41, 5.74) is 1.48. The van der Waals surface area contributed by atoms with E-state index in [0.29, 0.717) is 46.9 Å². The summed E-state index contributed by atoms with van der Waals surface area (Å²) < 4.78 is 29.1. The predicted molar refractivity (Wildman–Crippen MR) is 134 cm³/mol. The van der Waals surface area contributed by atoms with Crippen LogP contribution in [0.5, 0.6) is 0 Å². The van der Waals surface area contributed by atoms with Crippen LogP contribution in [0.3, 0.4) is 0 Å². The zero-order valence-corrected chi connectivity index (χ0v) is 20.8. The lowest BCUT2D eigenvalue weighted by Crippen LogP contribution is -2.39. The van der Waals surface area contributed by atoms with Crippen LogP contribution >= 0.6 is 11.6 Å². The Bertz CT molecular complexity index is 1110. The molecule has 0 saturated carbocycles. The second-order valence-corrected chi connectivity index (χ2v) is 11.7. The Morgan fingerprint density at radius 2 is 1.55 bits per heavy atom. The number of sulfonamides is 1. The summed E-state index contributed by atoms with van der Waals surface area (Å²) in [6.07, 6.45) is 3.75. The van der Waals surface area contributed by atoms with Crippen LogP contribution in [-0.4, -0.2) is 44.8 Å². The summed E-state index contributed by atoms with van der Waals surface area (Å²) in [5.74, 6) is 0.767. The molecule has 0 atom stereocenters. The van der Waals surface area contributed by atoms with E-state index in [9.17, 15) is 13.2 Å². The van der Waals surface area contributed by atoms with Crippen LogP contribution in [0, 0.1) is 11.8 Å². The molecule has 1 N–H and O–H groups in total. The number of halogens is 1. The number of piperidine rings is 2. The summed E-state index contributed by atoms with van der Waals surface area (Å²) in [5, 5.41) is 3.23. The standard InChI is InChI=1S/C25H32ClN3O3S/c1-18-9-13-28(14-10-18)23-8-7-20(25(30)27-22-6-4-3-5-21(22)26)17-24(23)33(31,32)29-15-11-19(2)12-16-29/h3-8,17-19H,9-16H2,1-2H3,(H,27,30). The number of amides is 1. The molecule has 178 valence electrons. The van der Waals surface area contributed by atoms with Crippen molar-refractivity contribution in [3.63, 3.8) is 0 Å². The molecule has 4 rings (SSSR count). The molecule has 0 bridgehead atoms. The van der Waals surface area contributed by atoms with Crippen molar-refractivity contribution in [2.45, 2.75) is 44.4 Å². The van der Waals surface area contributed by atoms with E-state index in [1.807, 2.05) is 0 Å². The molecule has 33 heavy (non-hydrogen) atoms. The summed E-state index contributed by atoms with van der Waals surface area (Å²) >= 11 is 6.19. The van der Waals surface area contributed by atoms with E-state index in [4.69, 9.17) is 11.6 Å². The fraction of sp³-hybridized carbons (Fsp3) is 0.480. The van der Waals surface area contributed by atoms with Crippen molar-refractivity contribution in [3.05, 3.63) is 53.1 Å². The number of nitrogens with one attached hydrogen (secondary N) is 1. The van der Waals surface area contributed by atoms with Crippen molar-refractivity contribution in [3.8, 4) is 0 Å². The van der Waals surface area contributed by atoms with Crippen molar-refractivity contribution in [1.29, 1.82) is 0 Å². The summed E-state index contributed by atoms with van der Waals surface area (Å²) in [7, 11) is -3.73.